The molecule has 3 heterocycles. The fourth-order valence-electron chi connectivity index (χ4n) is 3.20. The van der Waals surface area contributed by atoms with Gasteiger partial charge < -0.3 is 15.5 Å². The first-order valence-corrected chi connectivity index (χ1v) is 7.77. The molecule has 2 fully saturated rings. The Morgan fingerprint density at radius 3 is 2.73 bits per heavy atom. The number of rotatable bonds is 3. The summed E-state index contributed by atoms with van der Waals surface area (Å²) in [6, 6.07) is 3.84. The van der Waals surface area contributed by atoms with Gasteiger partial charge in [-0.2, -0.15) is 4.39 Å². The highest BCUT2D eigenvalue weighted by Gasteiger charge is 2.27. The quantitative estimate of drug-likeness (QED) is 0.774. The fraction of sp³-hybridized carbons (Fsp3) is 0.600. The molecule has 7 heteroatoms. The summed E-state index contributed by atoms with van der Waals surface area (Å²) in [5.41, 5.74) is 0.594. The summed E-state index contributed by atoms with van der Waals surface area (Å²) in [5.74, 6) is -0.943. The predicted octanol–water partition coefficient (Wildman–Crippen LogP) is 0.0642. The van der Waals surface area contributed by atoms with Crippen LogP contribution in [-0.4, -0.2) is 68.1 Å². The number of anilines is 1. The zero-order valence-corrected chi connectivity index (χ0v) is 12.8. The molecule has 3 rings (SSSR count). The first-order chi connectivity index (χ1) is 10.7. The molecule has 2 aliphatic rings. The van der Waals surface area contributed by atoms with Gasteiger partial charge >= 0.3 is 0 Å². The second-order valence-electron chi connectivity index (χ2n) is 5.76. The van der Waals surface area contributed by atoms with Crippen molar-refractivity contribution < 1.29 is 9.18 Å². The maximum Gasteiger partial charge on any atom is 0.269 e. The molecule has 0 radical (unpaired) electrons. The van der Waals surface area contributed by atoms with E-state index in [2.05, 4.69) is 20.5 Å². The van der Waals surface area contributed by atoms with Crippen molar-refractivity contribution in [2.45, 2.75) is 12.5 Å². The lowest BCUT2D eigenvalue weighted by atomic mass is 10.2. The normalized spacial score (nSPS) is 22.8. The lowest BCUT2D eigenvalue weighted by molar-refractivity contribution is 0.0957. The van der Waals surface area contributed by atoms with Gasteiger partial charge in [-0.15, -0.1) is 0 Å². The van der Waals surface area contributed by atoms with Crippen molar-refractivity contribution in [1.82, 2.24) is 20.5 Å². The van der Waals surface area contributed by atoms with E-state index >= 15 is 0 Å². The molecule has 6 nitrogen and oxygen atoms in total. The van der Waals surface area contributed by atoms with Crippen LogP contribution in [0.1, 0.15) is 16.9 Å². The van der Waals surface area contributed by atoms with E-state index in [1.54, 1.807) is 12.1 Å². The Bertz CT molecular complexity index is 539. The number of carbonyl (C=O) groups is 1. The van der Waals surface area contributed by atoms with Crippen LogP contribution in [0.25, 0.3) is 0 Å². The maximum atomic E-state index is 14.2. The minimum absolute atomic E-state index is 0.111. The standard InChI is InChI=1S/C15H22FN5O/c1-17-15(22)12-2-3-13(14(16)19-12)21-8-6-20(7-9-21)11-4-5-18-10-11/h2-3,11,18H,4-10H2,1H3,(H,17,22). The molecule has 2 N–H and O–H groups in total. The van der Waals surface area contributed by atoms with E-state index in [0.29, 0.717) is 11.7 Å². The van der Waals surface area contributed by atoms with Crippen molar-refractivity contribution in [2.24, 2.45) is 0 Å². The highest BCUT2D eigenvalue weighted by atomic mass is 19.1. The van der Waals surface area contributed by atoms with Crippen molar-refractivity contribution >= 4 is 11.6 Å². The molecule has 2 aliphatic heterocycles. The van der Waals surface area contributed by atoms with Crippen LogP contribution in [0.2, 0.25) is 0 Å². The molecule has 120 valence electrons. The molecule has 1 unspecified atom stereocenters. The van der Waals surface area contributed by atoms with Crippen molar-refractivity contribution in [2.75, 3.05) is 51.2 Å². The van der Waals surface area contributed by atoms with Gasteiger partial charge in [-0.05, 0) is 25.1 Å². The zero-order chi connectivity index (χ0) is 15.5. The van der Waals surface area contributed by atoms with Crippen LogP contribution >= 0.6 is 0 Å². The van der Waals surface area contributed by atoms with Crippen LogP contribution in [0.15, 0.2) is 12.1 Å². The second-order valence-corrected chi connectivity index (χ2v) is 5.76. The number of amides is 1. The van der Waals surface area contributed by atoms with Crippen LogP contribution in [0.4, 0.5) is 10.1 Å². The van der Waals surface area contributed by atoms with E-state index in [1.165, 1.54) is 13.5 Å². The number of nitrogens with one attached hydrogen (secondary N) is 2. The molecule has 1 aromatic heterocycles. The molecule has 0 saturated carbocycles. The summed E-state index contributed by atoms with van der Waals surface area (Å²) in [6.45, 7) is 5.58. The molecule has 0 aliphatic carbocycles. The first kappa shape index (κ1) is 15.2. The Balaban J connectivity index is 1.64. The number of halogens is 1. The Morgan fingerprint density at radius 1 is 1.36 bits per heavy atom. The van der Waals surface area contributed by atoms with Crippen molar-refractivity contribution in [3.63, 3.8) is 0 Å². The molecular formula is C15H22FN5O. The third-order valence-corrected chi connectivity index (χ3v) is 4.49. The van der Waals surface area contributed by atoms with Crippen LogP contribution < -0.4 is 15.5 Å². The lowest BCUT2D eigenvalue weighted by Gasteiger charge is -2.38. The maximum absolute atomic E-state index is 14.2. The lowest BCUT2D eigenvalue weighted by Crippen LogP contribution is -2.51. The molecule has 22 heavy (non-hydrogen) atoms. The van der Waals surface area contributed by atoms with E-state index < -0.39 is 5.95 Å². The van der Waals surface area contributed by atoms with Crippen LogP contribution in [0.3, 0.4) is 0 Å². The number of aromatic nitrogens is 1. The van der Waals surface area contributed by atoms with Crippen molar-refractivity contribution in [3.8, 4) is 0 Å². The number of hydrogen-bond acceptors (Lipinski definition) is 5. The number of pyridine rings is 1. The molecule has 0 bridgehead atoms. The summed E-state index contributed by atoms with van der Waals surface area (Å²) in [5, 5.41) is 5.83. The smallest absolute Gasteiger partial charge is 0.269 e. The summed E-state index contributed by atoms with van der Waals surface area (Å²) in [7, 11) is 1.51. The Hall–Kier alpha value is -1.73. The van der Waals surface area contributed by atoms with E-state index in [-0.39, 0.29) is 11.6 Å². The highest BCUT2D eigenvalue weighted by Crippen LogP contribution is 2.21. The first-order valence-electron chi connectivity index (χ1n) is 7.77. The van der Waals surface area contributed by atoms with Gasteiger partial charge in [0.25, 0.3) is 5.91 Å². The minimum atomic E-state index is -0.572. The number of piperazine rings is 1. The third-order valence-electron chi connectivity index (χ3n) is 4.49. The predicted molar refractivity (Wildman–Crippen MR) is 82.6 cm³/mol. The third kappa shape index (κ3) is 3.05. The SMILES string of the molecule is CNC(=O)c1ccc(N2CCN(C3CCNC3)CC2)c(F)n1. The van der Waals surface area contributed by atoms with E-state index in [0.717, 1.165) is 39.3 Å². The van der Waals surface area contributed by atoms with Crippen LogP contribution in [0.5, 0.6) is 0 Å². The van der Waals surface area contributed by atoms with E-state index in [4.69, 9.17) is 0 Å². The molecule has 1 amide bonds. The molecule has 1 atom stereocenters. The Labute approximate surface area is 129 Å². The topological polar surface area (TPSA) is 60.5 Å². The fourth-order valence-corrected chi connectivity index (χ4v) is 3.20. The minimum Gasteiger partial charge on any atom is -0.365 e. The van der Waals surface area contributed by atoms with Crippen molar-refractivity contribution in [3.05, 3.63) is 23.8 Å². The number of nitrogens with zero attached hydrogens (tertiary/aromatic N) is 3. The van der Waals surface area contributed by atoms with Gasteiger partial charge in [0.2, 0.25) is 5.95 Å². The number of carbonyl (C=O) groups excluding carboxylic acids is 1. The number of hydrogen-bond donors (Lipinski definition) is 2. The zero-order valence-electron chi connectivity index (χ0n) is 12.8. The average Bonchev–Trinajstić information content (AvgIpc) is 3.08. The van der Waals surface area contributed by atoms with Gasteiger partial charge in [-0.3, -0.25) is 9.69 Å². The second kappa shape index (κ2) is 6.58. The van der Waals surface area contributed by atoms with E-state index in [9.17, 15) is 9.18 Å². The molecule has 2 saturated heterocycles. The molecular weight excluding hydrogens is 285 g/mol. The average molecular weight is 307 g/mol. The largest absolute Gasteiger partial charge is 0.365 e. The Kier molecular flexibility index (Phi) is 4.54. The van der Waals surface area contributed by atoms with Gasteiger partial charge in [0.05, 0.1) is 5.69 Å². The summed E-state index contributed by atoms with van der Waals surface area (Å²) in [4.78, 5) is 19.7. The van der Waals surface area contributed by atoms with Crippen molar-refractivity contribution in [1.29, 1.82) is 0 Å². The Morgan fingerprint density at radius 2 is 2.14 bits per heavy atom. The molecule has 1 aromatic rings. The van der Waals surface area contributed by atoms with Gasteiger partial charge in [0.1, 0.15) is 5.69 Å². The van der Waals surface area contributed by atoms with Gasteiger partial charge in [0, 0.05) is 45.8 Å². The molecule has 0 aromatic carbocycles. The summed E-state index contributed by atoms with van der Waals surface area (Å²) >= 11 is 0. The summed E-state index contributed by atoms with van der Waals surface area (Å²) < 4.78 is 14.2. The van der Waals surface area contributed by atoms with Crippen LogP contribution in [-0.2, 0) is 0 Å². The monoisotopic (exact) mass is 307 g/mol. The van der Waals surface area contributed by atoms with Gasteiger partial charge in [0.15, 0.2) is 0 Å². The highest BCUT2D eigenvalue weighted by molar-refractivity contribution is 5.92. The van der Waals surface area contributed by atoms with Gasteiger partial charge in [-0.1, -0.05) is 0 Å². The summed E-state index contributed by atoms with van der Waals surface area (Å²) in [6.07, 6.45) is 1.19. The van der Waals surface area contributed by atoms with Crippen LogP contribution in [0, 0.1) is 5.95 Å². The molecule has 0 spiro atoms. The van der Waals surface area contributed by atoms with Gasteiger partial charge in [-0.25, -0.2) is 4.98 Å². The van der Waals surface area contributed by atoms with E-state index in [1.807, 2.05) is 4.90 Å².